The van der Waals surface area contributed by atoms with Crippen molar-refractivity contribution in [3.8, 4) is 0 Å². The largest absolute Gasteiger partial charge is 0.466 e. The van der Waals surface area contributed by atoms with Crippen LogP contribution in [0.5, 0.6) is 0 Å². The third-order valence-corrected chi connectivity index (χ3v) is 3.41. The number of ether oxygens (including phenoxy) is 1. The van der Waals surface area contributed by atoms with E-state index < -0.39 is 5.41 Å². The van der Waals surface area contributed by atoms with Crippen LogP contribution in [0.15, 0.2) is 0 Å². The molecule has 0 aromatic rings. The molecule has 0 aliphatic rings. The van der Waals surface area contributed by atoms with E-state index in [1.165, 1.54) is 0 Å². The highest BCUT2D eigenvalue weighted by molar-refractivity contribution is 5.77. The van der Waals surface area contributed by atoms with E-state index in [4.69, 9.17) is 10.5 Å². The van der Waals surface area contributed by atoms with Gasteiger partial charge in [0.05, 0.1) is 12.0 Å². The molecule has 3 heteroatoms. The Bertz CT molecular complexity index is 245. The lowest BCUT2D eigenvalue weighted by Crippen LogP contribution is -2.40. The quantitative estimate of drug-likeness (QED) is 0.677. The van der Waals surface area contributed by atoms with E-state index in [9.17, 15) is 4.79 Å². The van der Waals surface area contributed by atoms with Gasteiger partial charge in [-0.15, -0.1) is 0 Å². The Balaban J connectivity index is 4.60. The van der Waals surface area contributed by atoms with Crippen molar-refractivity contribution < 1.29 is 9.53 Å². The Morgan fingerprint density at radius 3 is 2.11 bits per heavy atom. The molecule has 0 bridgehead atoms. The fraction of sp³-hybridized carbons (Fsp3) is 0.933. The maximum absolute atomic E-state index is 12.1. The van der Waals surface area contributed by atoms with E-state index in [1.54, 1.807) is 0 Å². The Labute approximate surface area is 112 Å². The van der Waals surface area contributed by atoms with E-state index in [0.717, 1.165) is 32.1 Å². The van der Waals surface area contributed by atoms with Crippen molar-refractivity contribution in [2.24, 2.45) is 16.6 Å². The minimum atomic E-state index is -0.462. The third kappa shape index (κ3) is 5.85. The zero-order valence-electron chi connectivity index (χ0n) is 12.8. The molecule has 0 spiro atoms. The molecule has 0 amide bonds. The second kappa shape index (κ2) is 7.78. The monoisotopic (exact) mass is 257 g/mol. The van der Waals surface area contributed by atoms with Crippen LogP contribution in [0.1, 0.15) is 66.7 Å². The molecule has 3 nitrogen and oxygen atoms in total. The average Bonchev–Trinajstić information content (AvgIpc) is 2.26. The van der Waals surface area contributed by atoms with Gasteiger partial charge in [-0.1, -0.05) is 40.5 Å². The molecular weight excluding hydrogens is 226 g/mol. The molecule has 0 heterocycles. The van der Waals surface area contributed by atoms with Gasteiger partial charge >= 0.3 is 5.97 Å². The molecule has 18 heavy (non-hydrogen) atoms. The molecule has 0 saturated heterocycles. The second-order valence-corrected chi connectivity index (χ2v) is 6.37. The first-order chi connectivity index (χ1) is 8.31. The summed E-state index contributed by atoms with van der Waals surface area (Å²) in [4.78, 5) is 12.1. The summed E-state index contributed by atoms with van der Waals surface area (Å²) in [5.74, 6) is -0.108. The van der Waals surface area contributed by atoms with Crippen LogP contribution in [0.25, 0.3) is 0 Å². The highest BCUT2D eigenvalue weighted by Crippen LogP contribution is 2.33. The molecule has 0 saturated carbocycles. The van der Waals surface area contributed by atoms with Crippen LogP contribution < -0.4 is 5.73 Å². The molecule has 0 fully saturated rings. The first kappa shape index (κ1) is 17.4. The Hall–Kier alpha value is -0.570. The van der Waals surface area contributed by atoms with Crippen LogP contribution in [-0.2, 0) is 9.53 Å². The summed E-state index contributed by atoms with van der Waals surface area (Å²) >= 11 is 0. The number of nitrogens with two attached hydrogens (primary N) is 1. The normalized spacial score (nSPS) is 15.2. The Morgan fingerprint density at radius 2 is 1.72 bits per heavy atom. The second-order valence-electron chi connectivity index (χ2n) is 6.37. The molecule has 0 radical (unpaired) electrons. The van der Waals surface area contributed by atoms with Crippen LogP contribution in [-0.4, -0.2) is 19.1 Å². The minimum absolute atomic E-state index is 0.108. The lowest BCUT2D eigenvalue weighted by atomic mass is 9.77. The maximum Gasteiger partial charge on any atom is 0.313 e. The lowest BCUT2D eigenvalue weighted by Gasteiger charge is -2.31. The van der Waals surface area contributed by atoms with Gasteiger partial charge < -0.3 is 10.5 Å². The number of hydrogen-bond donors (Lipinski definition) is 1. The molecule has 108 valence electrons. The highest BCUT2D eigenvalue weighted by Gasteiger charge is 2.37. The van der Waals surface area contributed by atoms with Crippen LogP contribution in [0.3, 0.4) is 0 Å². The molecule has 2 N–H and O–H groups in total. The molecule has 0 aromatic carbocycles. The van der Waals surface area contributed by atoms with Crippen LogP contribution in [0.2, 0.25) is 0 Å². The van der Waals surface area contributed by atoms with Crippen molar-refractivity contribution in [1.29, 1.82) is 0 Å². The number of esters is 1. The third-order valence-electron chi connectivity index (χ3n) is 3.41. The standard InChI is InChI=1S/C15H31NO2/c1-6-9-15(12-16,13(17)18-7-2)11-8-10-14(3,4)5/h6-12,16H2,1-5H3. The van der Waals surface area contributed by atoms with Gasteiger partial charge in [0.1, 0.15) is 0 Å². The summed E-state index contributed by atoms with van der Waals surface area (Å²) in [6.07, 6.45) is 4.77. The minimum Gasteiger partial charge on any atom is -0.466 e. The fourth-order valence-electron chi connectivity index (χ4n) is 2.34. The van der Waals surface area contributed by atoms with E-state index >= 15 is 0 Å². The van der Waals surface area contributed by atoms with Crippen molar-refractivity contribution in [2.75, 3.05) is 13.2 Å². The SMILES string of the molecule is CCCC(CN)(CCCC(C)(C)C)C(=O)OCC. The molecule has 1 unspecified atom stereocenters. The molecular formula is C15H31NO2. The van der Waals surface area contributed by atoms with Crippen LogP contribution in [0.4, 0.5) is 0 Å². The van der Waals surface area contributed by atoms with Crippen molar-refractivity contribution in [3.05, 3.63) is 0 Å². The molecule has 0 aliphatic carbocycles. The molecule has 0 aliphatic heterocycles. The van der Waals surface area contributed by atoms with Crippen LogP contribution in [0, 0.1) is 10.8 Å². The summed E-state index contributed by atoms with van der Waals surface area (Å²) in [6.45, 7) is 11.4. The maximum atomic E-state index is 12.1. The number of rotatable bonds is 8. The van der Waals surface area contributed by atoms with E-state index in [1.807, 2.05) is 6.92 Å². The summed E-state index contributed by atoms with van der Waals surface area (Å²) in [5.41, 5.74) is 5.72. The number of carbonyl (C=O) groups excluding carboxylic acids is 1. The zero-order chi connectivity index (χ0) is 14.2. The summed E-state index contributed by atoms with van der Waals surface area (Å²) < 4.78 is 5.21. The van der Waals surface area contributed by atoms with Gasteiger partial charge in [-0.2, -0.15) is 0 Å². The first-order valence-electron chi connectivity index (χ1n) is 7.18. The van der Waals surface area contributed by atoms with Gasteiger partial charge in [0, 0.05) is 6.54 Å². The molecule has 0 aromatic heterocycles. The predicted octanol–water partition coefficient (Wildman–Crippen LogP) is 3.51. The summed E-state index contributed by atoms with van der Waals surface area (Å²) in [5, 5.41) is 0. The first-order valence-corrected chi connectivity index (χ1v) is 7.18. The van der Waals surface area contributed by atoms with Crippen molar-refractivity contribution in [1.82, 2.24) is 0 Å². The van der Waals surface area contributed by atoms with Crippen molar-refractivity contribution >= 4 is 5.97 Å². The van der Waals surface area contributed by atoms with Gasteiger partial charge in [0.15, 0.2) is 0 Å². The Kier molecular flexibility index (Phi) is 7.53. The zero-order valence-corrected chi connectivity index (χ0v) is 12.8. The van der Waals surface area contributed by atoms with Crippen molar-refractivity contribution in [2.45, 2.75) is 66.7 Å². The number of carbonyl (C=O) groups is 1. The summed E-state index contributed by atoms with van der Waals surface area (Å²) in [7, 11) is 0. The van der Waals surface area contributed by atoms with Gasteiger partial charge in [-0.05, 0) is 31.6 Å². The molecule has 0 rings (SSSR count). The number of hydrogen-bond acceptors (Lipinski definition) is 3. The van der Waals surface area contributed by atoms with Crippen molar-refractivity contribution in [3.63, 3.8) is 0 Å². The average molecular weight is 257 g/mol. The van der Waals surface area contributed by atoms with E-state index in [2.05, 4.69) is 27.7 Å². The van der Waals surface area contributed by atoms with Gasteiger partial charge in [0.25, 0.3) is 0 Å². The predicted molar refractivity (Wildman–Crippen MR) is 76.3 cm³/mol. The van der Waals surface area contributed by atoms with Crippen LogP contribution >= 0.6 is 0 Å². The topological polar surface area (TPSA) is 52.3 Å². The van der Waals surface area contributed by atoms with Gasteiger partial charge in [0.2, 0.25) is 0 Å². The summed E-state index contributed by atoms with van der Waals surface area (Å²) in [6, 6.07) is 0. The van der Waals surface area contributed by atoms with Gasteiger partial charge in [-0.3, -0.25) is 4.79 Å². The molecule has 1 atom stereocenters. The van der Waals surface area contributed by atoms with E-state index in [-0.39, 0.29) is 5.97 Å². The van der Waals surface area contributed by atoms with E-state index in [0.29, 0.717) is 18.6 Å². The smallest absolute Gasteiger partial charge is 0.313 e. The Morgan fingerprint density at radius 1 is 1.11 bits per heavy atom. The highest BCUT2D eigenvalue weighted by atomic mass is 16.5. The van der Waals surface area contributed by atoms with Gasteiger partial charge in [-0.25, -0.2) is 0 Å². The lowest BCUT2D eigenvalue weighted by molar-refractivity contribution is -0.156. The fourth-order valence-corrected chi connectivity index (χ4v) is 2.34.